The van der Waals surface area contributed by atoms with Crippen molar-refractivity contribution in [3.05, 3.63) is 66.0 Å². The van der Waals surface area contributed by atoms with Gasteiger partial charge in [-0.3, -0.25) is 9.36 Å². The zero-order valence-electron chi connectivity index (χ0n) is 15.3. The molecule has 1 saturated carbocycles. The van der Waals surface area contributed by atoms with Crippen LogP contribution < -0.4 is 5.73 Å². The van der Waals surface area contributed by atoms with E-state index in [-0.39, 0.29) is 5.82 Å². The number of amides is 1. The molecule has 0 unspecified atom stereocenters. The third-order valence-electron chi connectivity index (χ3n) is 4.83. The third kappa shape index (κ3) is 3.27. The first-order valence-corrected chi connectivity index (χ1v) is 10.1. The van der Waals surface area contributed by atoms with Crippen molar-refractivity contribution in [1.82, 2.24) is 24.4 Å². The SMILES string of the molecule is NC(=O)[C@H](Sc1nnc2n(C3CC3)c(-c3ccccc3)nn12)c1ccc(F)cc1. The van der Waals surface area contributed by atoms with E-state index in [0.29, 0.717) is 22.5 Å². The Morgan fingerprint density at radius 2 is 1.83 bits per heavy atom. The first kappa shape index (κ1) is 17.9. The van der Waals surface area contributed by atoms with Crippen molar-refractivity contribution in [1.29, 1.82) is 0 Å². The summed E-state index contributed by atoms with van der Waals surface area (Å²) < 4.78 is 17.0. The van der Waals surface area contributed by atoms with E-state index < -0.39 is 11.2 Å². The number of primary amides is 1. The smallest absolute Gasteiger partial charge is 0.255 e. The van der Waals surface area contributed by atoms with Gasteiger partial charge in [0.05, 0.1) is 0 Å². The van der Waals surface area contributed by atoms with Gasteiger partial charge in [-0.05, 0) is 30.5 Å². The Hall–Kier alpha value is -3.20. The molecule has 1 fully saturated rings. The van der Waals surface area contributed by atoms with Gasteiger partial charge in [0, 0.05) is 11.6 Å². The second-order valence-corrected chi connectivity index (χ2v) is 8.01. The maximum absolute atomic E-state index is 13.3. The van der Waals surface area contributed by atoms with Gasteiger partial charge in [0.15, 0.2) is 5.82 Å². The van der Waals surface area contributed by atoms with Gasteiger partial charge in [-0.25, -0.2) is 4.39 Å². The Morgan fingerprint density at radius 3 is 2.48 bits per heavy atom. The summed E-state index contributed by atoms with van der Waals surface area (Å²) in [7, 11) is 0. The summed E-state index contributed by atoms with van der Waals surface area (Å²) in [6.07, 6.45) is 2.14. The highest BCUT2D eigenvalue weighted by molar-refractivity contribution is 8.00. The maximum atomic E-state index is 13.3. The molecule has 146 valence electrons. The summed E-state index contributed by atoms with van der Waals surface area (Å²) >= 11 is 1.16. The molecule has 5 rings (SSSR count). The van der Waals surface area contributed by atoms with Crippen LogP contribution in [0.2, 0.25) is 0 Å². The van der Waals surface area contributed by atoms with Crippen LogP contribution in [0.4, 0.5) is 4.39 Å². The van der Waals surface area contributed by atoms with E-state index in [9.17, 15) is 9.18 Å². The molecule has 2 aromatic heterocycles. The minimum atomic E-state index is -0.728. The van der Waals surface area contributed by atoms with Crippen LogP contribution in [0.3, 0.4) is 0 Å². The number of halogens is 1. The lowest BCUT2D eigenvalue weighted by molar-refractivity contribution is -0.117. The molecule has 2 N–H and O–H groups in total. The lowest BCUT2D eigenvalue weighted by Crippen LogP contribution is -2.19. The van der Waals surface area contributed by atoms with E-state index in [1.54, 1.807) is 16.6 Å². The van der Waals surface area contributed by atoms with Gasteiger partial charge in [0.25, 0.3) is 5.78 Å². The molecule has 2 heterocycles. The van der Waals surface area contributed by atoms with Gasteiger partial charge in [0.1, 0.15) is 11.1 Å². The Balaban J connectivity index is 1.57. The fourth-order valence-corrected chi connectivity index (χ4v) is 4.22. The molecular formula is C20H17FN6OS. The van der Waals surface area contributed by atoms with Gasteiger partial charge in [-0.2, -0.15) is 4.52 Å². The zero-order valence-corrected chi connectivity index (χ0v) is 16.1. The summed E-state index contributed by atoms with van der Waals surface area (Å²) in [6, 6.07) is 16.0. The molecule has 0 saturated heterocycles. The molecule has 2 aromatic carbocycles. The number of nitrogens with two attached hydrogens (primary N) is 1. The Labute approximate surface area is 169 Å². The first-order valence-electron chi connectivity index (χ1n) is 9.22. The van der Waals surface area contributed by atoms with E-state index in [0.717, 1.165) is 36.0 Å². The van der Waals surface area contributed by atoms with E-state index in [1.165, 1.54) is 12.1 Å². The molecule has 4 aromatic rings. The topological polar surface area (TPSA) is 91.1 Å². The van der Waals surface area contributed by atoms with Crippen molar-refractivity contribution in [3.8, 4) is 11.4 Å². The average molecular weight is 408 g/mol. The summed E-state index contributed by atoms with van der Waals surface area (Å²) in [5.41, 5.74) is 7.21. The van der Waals surface area contributed by atoms with Crippen LogP contribution >= 0.6 is 11.8 Å². The van der Waals surface area contributed by atoms with E-state index in [4.69, 9.17) is 10.8 Å². The number of carbonyl (C=O) groups excluding carboxylic acids is 1. The monoisotopic (exact) mass is 408 g/mol. The van der Waals surface area contributed by atoms with Crippen molar-refractivity contribution in [2.75, 3.05) is 0 Å². The minimum absolute atomic E-state index is 0.348. The highest BCUT2D eigenvalue weighted by Gasteiger charge is 2.32. The van der Waals surface area contributed by atoms with Crippen LogP contribution in [-0.2, 0) is 4.79 Å². The number of rotatable bonds is 6. The Morgan fingerprint density at radius 1 is 1.10 bits per heavy atom. The molecular weight excluding hydrogens is 391 g/mol. The largest absolute Gasteiger partial charge is 0.368 e. The van der Waals surface area contributed by atoms with E-state index >= 15 is 0 Å². The molecule has 7 nitrogen and oxygen atoms in total. The fraction of sp³-hybridized carbons (Fsp3) is 0.200. The second kappa shape index (κ2) is 7.00. The standard InChI is InChI=1S/C20H17FN6OS/c21-14-8-6-12(7-9-14)16(17(22)28)29-20-24-23-19-26(15-10-11-15)18(25-27(19)20)13-4-2-1-3-5-13/h1-9,15-16H,10-11H2,(H2,22,28)/t16-/m1/s1. The van der Waals surface area contributed by atoms with Crippen molar-refractivity contribution in [3.63, 3.8) is 0 Å². The molecule has 1 aliphatic rings. The highest BCUT2D eigenvalue weighted by Crippen LogP contribution is 2.41. The number of aromatic nitrogens is 5. The number of benzene rings is 2. The number of fused-ring (bicyclic) bond motifs is 1. The van der Waals surface area contributed by atoms with Crippen molar-refractivity contribution < 1.29 is 9.18 Å². The molecule has 0 spiro atoms. The average Bonchev–Trinajstić information content (AvgIpc) is 3.38. The van der Waals surface area contributed by atoms with Crippen LogP contribution in [0.15, 0.2) is 59.8 Å². The van der Waals surface area contributed by atoms with Gasteiger partial charge >= 0.3 is 0 Å². The molecule has 29 heavy (non-hydrogen) atoms. The molecule has 0 radical (unpaired) electrons. The molecule has 9 heteroatoms. The minimum Gasteiger partial charge on any atom is -0.368 e. The van der Waals surface area contributed by atoms with E-state index in [2.05, 4.69) is 14.8 Å². The fourth-order valence-electron chi connectivity index (χ4n) is 3.29. The molecule has 1 amide bonds. The predicted molar refractivity (Wildman–Crippen MR) is 107 cm³/mol. The Kier molecular flexibility index (Phi) is 4.31. The summed E-state index contributed by atoms with van der Waals surface area (Å²) in [5, 5.41) is 13.0. The highest BCUT2D eigenvalue weighted by atomic mass is 32.2. The number of hydrogen-bond donors (Lipinski definition) is 1. The van der Waals surface area contributed by atoms with Crippen molar-refractivity contribution in [2.24, 2.45) is 5.73 Å². The summed E-state index contributed by atoms with van der Waals surface area (Å²) in [6.45, 7) is 0. The molecule has 0 aliphatic heterocycles. The van der Waals surface area contributed by atoms with Crippen LogP contribution in [-0.4, -0.2) is 30.3 Å². The molecule has 0 bridgehead atoms. The van der Waals surface area contributed by atoms with Crippen LogP contribution in [0.5, 0.6) is 0 Å². The molecule has 1 aliphatic carbocycles. The zero-order chi connectivity index (χ0) is 20.0. The Bertz CT molecular complexity index is 1180. The summed E-state index contributed by atoms with van der Waals surface area (Å²) in [5.74, 6) is 0.541. The van der Waals surface area contributed by atoms with Crippen LogP contribution in [0, 0.1) is 5.82 Å². The second-order valence-electron chi connectivity index (χ2n) is 6.94. The summed E-state index contributed by atoms with van der Waals surface area (Å²) in [4.78, 5) is 12.1. The first-order chi connectivity index (χ1) is 14.1. The third-order valence-corrected chi connectivity index (χ3v) is 6.04. The number of carbonyl (C=O) groups is 1. The van der Waals surface area contributed by atoms with Gasteiger partial charge < -0.3 is 5.73 Å². The normalized spacial score (nSPS) is 14.9. The van der Waals surface area contributed by atoms with Gasteiger partial charge in [0.2, 0.25) is 11.1 Å². The van der Waals surface area contributed by atoms with Crippen LogP contribution in [0.1, 0.15) is 29.7 Å². The van der Waals surface area contributed by atoms with E-state index in [1.807, 2.05) is 30.3 Å². The van der Waals surface area contributed by atoms with Crippen LogP contribution in [0.25, 0.3) is 17.2 Å². The van der Waals surface area contributed by atoms with Gasteiger partial charge in [-0.1, -0.05) is 54.2 Å². The quantitative estimate of drug-likeness (QED) is 0.494. The van der Waals surface area contributed by atoms with Gasteiger partial charge in [-0.15, -0.1) is 15.3 Å². The molecule has 1 atom stereocenters. The lowest BCUT2D eigenvalue weighted by atomic mass is 10.1. The van der Waals surface area contributed by atoms with Crippen molar-refractivity contribution in [2.45, 2.75) is 29.3 Å². The number of hydrogen-bond acceptors (Lipinski definition) is 5. The van der Waals surface area contributed by atoms with Crippen molar-refractivity contribution >= 4 is 23.4 Å². The maximum Gasteiger partial charge on any atom is 0.255 e. The predicted octanol–water partition coefficient (Wildman–Crippen LogP) is 3.39. The number of thioether (sulfide) groups is 1. The number of nitrogens with zero attached hydrogens (tertiary/aromatic N) is 5. The lowest BCUT2D eigenvalue weighted by Gasteiger charge is -2.11.